The van der Waals surface area contributed by atoms with E-state index in [1.807, 2.05) is 42.5 Å². The lowest BCUT2D eigenvalue weighted by atomic mass is 10.1. The number of rotatable bonds is 6. The van der Waals surface area contributed by atoms with Crippen molar-refractivity contribution in [3.8, 4) is 0 Å². The standard InChI is InChI=1S/C20H28N6O2S/c1-14-5-7-16(8-6-14)19(28)21-15(2)18-22-23-20(25(18)4)29-13-17(27)26-11-9-24(3)10-12-26/h5-8,15H,9-13H2,1-4H3,(H,21,28)/t15-/m1/s1. The maximum atomic E-state index is 12.4. The van der Waals surface area contributed by atoms with Crippen LogP contribution in [0, 0.1) is 6.92 Å². The fourth-order valence-electron chi connectivity index (χ4n) is 3.15. The van der Waals surface area contributed by atoms with E-state index in [1.165, 1.54) is 11.8 Å². The third-order valence-corrected chi connectivity index (χ3v) is 6.10. The Balaban J connectivity index is 1.56. The number of carbonyl (C=O) groups excluding carboxylic acids is 2. The third-order valence-electron chi connectivity index (χ3n) is 5.10. The molecule has 3 rings (SSSR count). The Labute approximate surface area is 175 Å². The summed E-state index contributed by atoms with van der Waals surface area (Å²) in [5, 5.41) is 12.0. The molecule has 1 aromatic carbocycles. The van der Waals surface area contributed by atoms with Crippen LogP contribution in [0.1, 0.15) is 34.7 Å². The molecule has 0 spiro atoms. The number of aryl methyl sites for hydroxylation is 1. The number of carbonyl (C=O) groups is 2. The van der Waals surface area contributed by atoms with Gasteiger partial charge in [0.1, 0.15) is 0 Å². The Morgan fingerprint density at radius 2 is 1.76 bits per heavy atom. The minimum absolute atomic E-state index is 0.119. The number of hydrogen-bond acceptors (Lipinski definition) is 6. The van der Waals surface area contributed by atoms with E-state index in [1.54, 1.807) is 12.1 Å². The van der Waals surface area contributed by atoms with Gasteiger partial charge in [-0.1, -0.05) is 29.5 Å². The predicted octanol–water partition coefficient (Wildman–Crippen LogP) is 1.48. The fourth-order valence-corrected chi connectivity index (χ4v) is 3.97. The summed E-state index contributed by atoms with van der Waals surface area (Å²) in [5.41, 5.74) is 1.72. The first-order valence-corrected chi connectivity index (χ1v) is 10.7. The molecule has 2 aromatic rings. The van der Waals surface area contributed by atoms with Crippen molar-refractivity contribution in [2.45, 2.75) is 25.0 Å². The minimum atomic E-state index is -0.302. The molecule has 156 valence electrons. The van der Waals surface area contributed by atoms with Crippen LogP contribution in [0.2, 0.25) is 0 Å². The van der Waals surface area contributed by atoms with E-state index in [9.17, 15) is 9.59 Å². The molecule has 8 nitrogen and oxygen atoms in total. The van der Waals surface area contributed by atoms with E-state index < -0.39 is 0 Å². The van der Waals surface area contributed by atoms with Crippen LogP contribution in [-0.4, -0.2) is 75.4 Å². The van der Waals surface area contributed by atoms with Gasteiger partial charge in [0.15, 0.2) is 11.0 Å². The van der Waals surface area contributed by atoms with Crippen LogP contribution in [0.4, 0.5) is 0 Å². The second-order valence-corrected chi connectivity index (χ2v) is 8.38. The highest BCUT2D eigenvalue weighted by molar-refractivity contribution is 7.99. The van der Waals surface area contributed by atoms with E-state index in [-0.39, 0.29) is 17.9 Å². The summed E-state index contributed by atoms with van der Waals surface area (Å²) in [6.07, 6.45) is 0. The molecule has 0 bridgehead atoms. The van der Waals surface area contributed by atoms with Crippen LogP contribution in [0.3, 0.4) is 0 Å². The Bertz CT molecular complexity index is 858. The van der Waals surface area contributed by atoms with Crippen molar-refractivity contribution in [3.05, 3.63) is 41.2 Å². The lowest BCUT2D eigenvalue weighted by molar-refractivity contribution is -0.129. The number of nitrogens with one attached hydrogen (secondary N) is 1. The van der Waals surface area contributed by atoms with Gasteiger partial charge < -0.3 is 19.7 Å². The first-order chi connectivity index (χ1) is 13.8. The molecule has 9 heteroatoms. The molecule has 2 heterocycles. The number of benzene rings is 1. The van der Waals surface area contributed by atoms with Crippen LogP contribution in [-0.2, 0) is 11.8 Å². The second kappa shape index (κ2) is 9.41. The van der Waals surface area contributed by atoms with Gasteiger partial charge in [0, 0.05) is 38.8 Å². The summed E-state index contributed by atoms with van der Waals surface area (Å²) >= 11 is 1.38. The van der Waals surface area contributed by atoms with Crippen molar-refractivity contribution in [3.63, 3.8) is 0 Å². The first-order valence-electron chi connectivity index (χ1n) is 9.71. The molecule has 1 N–H and O–H groups in total. The summed E-state index contributed by atoms with van der Waals surface area (Å²) in [6, 6.07) is 7.13. The third kappa shape index (κ3) is 5.36. The second-order valence-electron chi connectivity index (χ2n) is 7.43. The Morgan fingerprint density at radius 1 is 1.10 bits per heavy atom. The summed E-state index contributed by atoms with van der Waals surface area (Å²) in [7, 11) is 3.92. The van der Waals surface area contributed by atoms with Crippen molar-refractivity contribution in [2.24, 2.45) is 7.05 Å². The van der Waals surface area contributed by atoms with E-state index in [0.29, 0.717) is 22.3 Å². The van der Waals surface area contributed by atoms with Gasteiger partial charge in [0.05, 0.1) is 11.8 Å². The molecule has 1 aliphatic rings. The number of nitrogens with zero attached hydrogens (tertiary/aromatic N) is 5. The molecule has 0 aliphatic carbocycles. The number of amides is 2. The maximum absolute atomic E-state index is 12.4. The van der Waals surface area contributed by atoms with Gasteiger partial charge in [-0.2, -0.15) is 0 Å². The Morgan fingerprint density at radius 3 is 2.41 bits per heavy atom. The SMILES string of the molecule is Cc1ccc(C(=O)N[C@H](C)c2nnc(SCC(=O)N3CCN(C)CC3)n2C)cc1. The van der Waals surface area contributed by atoms with Crippen LogP contribution in [0.25, 0.3) is 0 Å². The Hall–Kier alpha value is -2.39. The van der Waals surface area contributed by atoms with Gasteiger partial charge in [-0.05, 0) is 33.0 Å². The largest absolute Gasteiger partial charge is 0.342 e. The zero-order valence-electron chi connectivity index (χ0n) is 17.4. The number of aromatic nitrogens is 3. The predicted molar refractivity (Wildman–Crippen MR) is 113 cm³/mol. The molecule has 0 unspecified atom stereocenters. The minimum Gasteiger partial charge on any atom is -0.342 e. The summed E-state index contributed by atoms with van der Waals surface area (Å²) in [6.45, 7) is 7.20. The maximum Gasteiger partial charge on any atom is 0.251 e. The molecule has 1 saturated heterocycles. The van der Waals surface area contributed by atoms with Gasteiger partial charge in [-0.25, -0.2) is 0 Å². The molecule has 29 heavy (non-hydrogen) atoms. The lowest BCUT2D eigenvalue weighted by Gasteiger charge is -2.32. The normalized spacial score (nSPS) is 15.9. The van der Waals surface area contributed by atoms with Crippen LogP contribution in [0.15, 0.2) is 29.4 Å². The van der Waals surface area contributed by atoms with Gasteiger partial charge in [0.25, 0.3) is 5.91 Å². The molecule has 1 fully saturated rings. The van der Waals surface area contributed by atoms with E-state index in [0.717, 1.165) is 31.7 Å². The average Bonchev–Trinajstić information content (AvgIpc) is 3.07. The molecule has 1 atom stereocenters. The topological polar surface area (TPSA) is 83.4 Å². The van der Waals surface area contributed by atoms with Crippen molar-refractivity contribution < 1.29 is 9.59 Å². The smallest absolute Gasteiger partial charge is 0.251 e. The number of likely N-dealkylation sites (N-methyl/N-ethyl adjacent to an activating group) is 1. The summed E-state index contributed by atoms with van der Waals surface area (Å²) in [5.74, 6) is 0.952. The number of thioether (sulfide) groups is 1. The average molecular weight is 417 g/mol. The molecule has 1 aliphatic heterocycles. The van der Waals surface area contributed by atoms with Crippen molar-refractivity contribution in [1.29, 1.82) is 0 Å². The van der Waals surface area contributed by atoms with Gasteiger partial charge >= 0.3 is 0 Å². The van der Waals surface area contributed by atoms with Gasteiger partial charge in [-0.3, -0.25) is 9.59 Å². The molecule has 0 radical (unpaired) electrons. The van der Waals surface area contributed by atoms with E-state index in [2.05, 4.69) is 27.5 Å². The van der Waals surface area contributed by atoms with Crippen molar-refractivity contribution >= 4 is 23.6 Å². The summed E-state index contributed by atoms with van der Waals surface area (Å²) in [4.78, 5) is 29.0. The number of piperazine rings is 1. The monoisotopic (exact) mass is 416 g/mol. The van der Waals surface area contributed by atoms with Crippen LogP contribution >= 0.6 is 11.8 Å². The number of hydrogen-bond donors (Lipinski definition) is 1. The highest BCUT2D eigenvalue weighted by Crippen LogP contribution is 2.20. The lowest BCUT2D eigenvalue weighted by Crippen LogP contribution is -2.47. The fraction of sp³-hybridized carbons (Fsp3) is 0.500. The highest BCUT2D eigenvalue weighted by Gasteiger charge is 2.22. The summed E-state index contributed by atoms with van der Waals surface area (Å²) < 4.78 is 1.84. The molecular weight excluding hydrogens is 388 g/mol. The quantitative estimate of drug-likeness (QED) is 0.719. The zero-order valence-corrected chi connectivity index (χ0v) is 18.2. The highest BCUT2D eigenvalue weighted by atomic mass is 32.2. The molecule has 1 aromatic heterocycles. The van der Waals surface area contributed by atoms with Gasteiger partial charge in [0.2, 0.25) is 5.91 Å². The molecule has 0 saturated carbocycles. The van der Waals surface area contributed by atoms with E-state index >= 15 is 0 Å². The Kier molecular flexibility index (Phi) is 6.92. The zero-order chi connectivity index (χ0) is 21.0. The van der Waals surface area contributed by atoms with Gasteiger partial charge in [-0.15, -0.1) is 10.2 Å². The first kappa shape index (κ1) is 21.3. The van der Waals surface area contributed by atoms with E-state index in [4.69, 9.17) is 0 Å². The van der Waals surface area contributed by atoms with Crippen LogP contribution < -0.4 is 5.32 Å². The molecular formula is C20H28N6O2S. The van der Waals surface area contributed by atoms with Crippen molar-refractivity contribution in [2.75, 3.05) is 39.0 Å². The van der Waals surface area contributed by atoms with Crippen LogP contribution in [0.5, 0.6) is 0 Å². The van der Waals surface area contributed by atoms with Crippen molar-refractivity contribution in [1.82, 2.24) is 29.9 Å². The molecule has 2 amide bonds.